The first kappa shape index (κ1) is 24.2. The van der Waals surface area contributed by atoms with Gasteiger partial charge in [-0.25, -0.2) is 0 Å². The maximum atomic E-state index is 13.3. The van der Waals surface area contributed by atoms with Crippen LogP contribution in [0.5, 0.6) is 0 Å². The van der Waals surface area contributed by atoms with E-state index in [1.54, 1.807) is 30.3 Å². The third kappa shape index (κ3) is 6.06. The SMILES string of the molecule is O=C(CC(Nc1ccc([N+](=O)[O-])c(C(F)(F)F)c1)c1ccccc1)Nc1ccc([N+](=O)[O-])cc1. The Labute approximate surface area is 190 Å². The van der Waals surface area contributed by atoms with Crippen molar-refractivity contribution in [3.63, 3.8) is 0 Å². The van der Waals surface area contributed by atoms with Gasteiger partial charge in [0, 0.05) is 29.6 Å². The fourth-order valence-electron chi connectivity index (χ4n) is 3.21. The molecule has 9 nitrogen and oxygen atoms in total. The van der Waals surface area contributed by atoms with Gasteiger partial charge in [-0.05, 0) is 29.8 Å². The second-order valence-electron chi connectivity index (χ2n) is 7.15. The number of nitrogens with zero attached hydrogens (tertiary/aromatic N) is 2. The Morgan fingerprint density at radius 1 is 0.882 bits per heavy atom. The molecule has 2 N–H and O–H groups in total. The second kappa shape index (κ2) is 9.98. The summed E-state index contributed by atoms with van der Waals surface area (Å²) in [6.07, 6.45) is -5.16. The average molecular weight is 474 g/mol. The molecule has 0 saturated carbocycles. The number of nitro groups is 2. The highest BCUT2D eigenvalue weighted by Crippen LogP contribution is 2.38. The zero-order valence-corrected chi connectivity index (χ0v) is 17.3. The smallest absolute Gasteiger partial charge is 0.378 e. The van der Waals surface area contributed by atoms with Crippen LogP contribution in [-0.2, 0) is 11.0 Å². The number of alkyl halides is 3. The molecule has 0 aliphatic heterocycles. The Bertz CT molecular complexity index is 1200. The molecule has 0 radical (unpaired) electrons. The van der Waals surface area contributed by atoms with E-state index in [2.05, 4.69) is 10.6 Å². The van der Waals surface area contributed by atoms with Crippen LogP contribution in [0, 0.1) is 20.2 Å². The summed E-state index contributed by atoms with van der Waals surface area (Å²) in [5, 5.41) is 27.2. The third-order valence-electron chi connectivity index (χ3n) is 4.79. The average Bonchev–Trinajstić information content (AvgIpc) is 2.79. The molecule has 0 saturated heterocycles. The quantitative estimate of drug-likeness (QED) is 0.318. The molecule has 0 aliphatic carbocycles. The first-order valence-corrected chi connectivity index (χ1v) is 9.76. The van der Waals surface area contributed by atoms with E-state index in [0.29, 0.717) is 17.3 Å². The number of benzene rings is 3. The van der Waals surface area contributed by atoms with Crippen molar-refractivity contribution in [1.82, 2.24) is 0 Å². The molecule has 0 aliphatic rings. The van der Waals surface area contributed by atoms with E-state index in [4.69, 9.17) is 0 Å². The molecule has 1 atom stereocenters. The van der Waals surface area contributed by atoms with Crippen molar-refractivity contribution >= 4 is 28.7 Å². The van der Waals surface area contributed by atoms with Gasteiger partial charge in [0.15, 0.2) is 0 Å². The van der Waals surface area contributed by atoms with Crippen LogP contribution in [0.4, 0.5) is 35.9 Å². The van der Waals surface area contributed by atoms with Gasteiger partial charge < -0.3 is 10.6 Å². The van der Waals surface area contributed by atoms with E-state index in [1.807, 2.05) is 0 Å². The van der Waals surface area contributed by atoms with E-state index in [0.717, 1.165) is 12.1 Å². The molecule has 0 heterocycles. The minimum absolute atomic E-state index is 0.0603. The van der Waals surface area contributed by atoms with E-state index >= 15 is 0 Å². The number of carbonyl (C=O) groups excluding carboxylic acids is 1. The third-order valence-corrected chi connectivity index (χ3v) is 4.79. The Morgan fingerprint density at radius 3 is 2.06 bits per heavy atom. The van der Waals surface area contributed by atoms with Crippen LogP contribution in [0.15, 0.2) is 72.8 Å². The van der Waals surface area contributed by atoms with Gasteiger partial charge in [-0.2, -0.15) is 13.2 Å². The Hall–Kier alpha value is -4.48. The predicted molar refractivity (Wildman–Crippen MR) is 117 cm³/mol. The number of halogens is 3. The minimum atomic E-state index is -4.95. The van der Waals surface area contributed by atoms with E-state index in [9.17, 15) is 38.2 Å². The number of amides is 1. The number of nitrogens with one attached hydrogen (secondary N) is 2. The Morgan fingerprint density at radius 2 is 1.50 bits per heavy atom. The summed E-state index contributed by atoms with van der Waals surface area (Å²) < 4.78 is 40.0. The van der Waals surface area contributed by atoms with Gasteiger partial charge in [-0.15, -0.1) is 0 Å². The van der Waals surface area contributed by atoms with Crippen LogP contribution < -0.4 is 10.6 Å². The largest absolute Gasteiger partial charge is 0.423 e. The molecule has 0 fully saturated rings. The topological polar surface area (TPSA) is 127 Å². The van der Waals surface area contributed by atoms with Crippen molar-refractivity contribution in [3.05, 3.63) is 104 Å². The van der Waals surface area contributed by atoms with Crippen LogP contribution in [0.3, 0.4) is 0 Å². The molecular formula is C22H17F3N4O5. The van der Waals surface area contributed by atoms with Crippen LogP contribution in [0.25, 0.3) is 0 Å². The van der Waals surface area contributed by atoms with Crippen molar-refractivity contribution in [3.8, 4) is 0 Å². The van der Waals surface area contributed by atoms with Gasteiger partial charge >= 0.3 is 6.18 Å². The van der Waals surface area contributed by atoms with Crippen molar-refractivity contribution in [2.24, 2.45) is 0 Å². The summed E-state index contributed by atoms with van der Waals surface area (Å²) >= 11 is 0. The number of hydrogen-bond donors (Lipinski definition) is 2. The first-order valence-electron chi connectivity index (χ1n) is 9.76. The lowest BCUT2D eigenvalue weighted by Gasteiger charge is -2.21. The molecule has 176 valence electrons. The molecular weight excluding hydrogens is 457 g/mol. The van der Waals surface area contributed by atoms with Gasteiger partial charge in [0.25, 0.3) is 11.4 Å². The lowest BCUT2D eigenvalue weighted by molar-refractivity contribution is -0.388. The molecule has 0 bridgehead atoms. The highest BCUT2D eigenvalue weighted by Gasteiger charge is 2.38. The lowest BCUT2D eigenvalue weighted by atomic mass is 10.0. The highest BCUT2D eigenvalue weighted by molar-refractivity contribution is 5.91. The number of anilines is 2. The summed E-state index contributed by atoms with van der Waals surface area (Å²) in [7, 11) is 0. The van der Waals surface area contributed by atoms with Gasteiger partial charge in [0.1, 0.15) is 5.56 Å². The molecule has 1 unspecified atom stereocenters. The zero-order chi connectivity index (χ0) is 24.9. The number of non-ortho nitro benzene ring substituents is 1. The van der Waals surface area contributed by atoms with Crippen LogP contribution in [0.2, 0.25) is 0 Å². The molecule has 3 aromatic rings. The predicted octanol–water partition coefficient (Wildman–Crippen LogP) is 5.70. The van der Waals surface area contributed by atoms with E-state index in [-0.39, 0.29) is 17.8 Å². The van der Waals surface area contributed by atoms with Crippen LogP contribution >= 0.6 is 0 Å². The summed E-state index contributed by atoms with van der Waals surface area (Å²) in [5.74, 6) is -0.506. The standard InChI is InChI=1S/C22H17F3N4O5/c23-22(24,25)18-12-16(8-11-20(18)29(33)34)26-19(14-4-2-1-3-5-14)13-21(30)27-15-6-9-17(10-7-15)28(31)32/h1-12,19,26H,13H2,(H,27,30). The van der Waals surface area contributed by atoms with Crippen LogP contribution in [-0.4, -0.2) is 15.8 Å². The Balaban J connectivity index is 1.84. The number of nitro benzene ring substituents is 2. The van der Waals surface area contributed by atoms with E-state index < -0.39 is 39.2 Å². The van der Waals surface area contributed by atoms with Gasteiger partial charge in [-0.1, -0.05) is 30.3 Å². The molecule has 0 spiro atoms. The van der Waals surface area contributed by atoms with Gasteiger partial charge in [0.2, 0.25) is 5.91 Å². The number of carbonyl (C=O) groups is 1. The second-order valence-corrected chi connectivity index (χ2v) is 7.15. The minimum Gasteiger partial charge on any atom is -0.378 e. The molecule has 1 amide bonds. The number of hydrogen-bond acceptors (Lipinski definition) is 6. The van der Waals surface area contributed by atoms with E-state index in [1.165, 1.54) is 24.3 Å². The number of rotatable bonds is 8. The van der Waals surface area contributed by atoms with Crippen LogP contribution in [0.1, 0.15) is 23.6 Å². The molecule has 0 aromatic heterocycles. The maximum Gasteiger partial charge on any atom is 0.423 e. The summed E-state index contributed by atoms with van der Waals surface area (Å²) in [6.45, 7) is 0. The fraction of sp³-hybridized carbons (Fsp3) is 0.136. The Kier molecular flexibility index (Phi) is 7.09. The van der Waals surface area contributed by atoms with Crippen molar-refractivity contribution in [2.75, 3.05) is 10.6 Å². The van der Waals surface area contributed by atoms with Crippen molar-refractivity contribution in [1.29, 1.82) is 0 Å². The molecule has 34 heavy (non-hydrogen) atoms. The first-order chi connectivity index (χ1) is 16.0. The van der Waals surface area contributed by atoms with Gasteiger partial charge in [-0.3, -0.25) is 25.0 Å². The highest BCUT2D eigenvalue weighted by atomic mass is 19.4. The monoisotopic (exact) mass is 474 g/mol. The molecule has 12 heteroatoms. The van der Waals surface area contributed by atoms with Crippen molar-refractivity contribution in [2.45, 2.75) is 18.6 Å². The zero-order valence-electron chi connectivity index (χ0n) is 17.3. The fourth-order valence-corrected chi connectivity index (χ4v) is 3.21. The maximum absolute atomic E-state index is 13.3. The summed E-state index contributed by atoms with van der Waals surface area (Å²) in [6, 6.07) is 15.3. The summed E-state index contributed by atoms with van der Waals surface area (Å²) in [4.78, 5) is 32.7. The lowest BCUT2D eigenvalue weighted by Crippen LogP contribution is -2.21. The molecule has 3 rings (SSSR count). The van der Waals surface area contributed by atoms with Crippen molar-refractivity contribution < 1.29 is 27.8 Å². The summed E-state index contributed by atoms with van der Waals surface area (Å²) in [5.41, 5.74) is -1.81. The molecule has 3 aromatic carbocycles. The normalized spacial score (nSPS) is 12.0. The van der Waals surface area contributed by atoms with Gasteiger partial charge in [0.05, 0.1) is 22.3 Å².